The number of halogens is 1. The third-order valence-corrected chi connectivity index (χ3v) is 3.26. The van der Waals surface area contributed by atoms with E-state index in [0.29, 0.717) is 5.69 Å². The quantitative estimate of drug-likeness (QED) is 0.924. The molecule has 0 bridgehead atoms. The highest BCUT2D eigenvalue weighted by molar-refractivity contribution is 9.10. The van der Waals surface area contributed by atoms with E-state index in [1.54, 1.807) is 6.92 Å². The van der Waals surface area contributed by atoms with E-state index in [9.17, 15) is 4.79 Å². The lowest BCUT2D eigenvalue weighted by atomic mass is 10.2. The highest BCUT2D eigenvalue weighted by Crippen LogP contribution is 2.20. The van der Waals surface area contributed by atoms with Crippen molar-refractivity contribution in [2.75, 3.05) is 5.32 Å². The smallest absolute Gasteiger partial charge is 0.293 e. The van der Waals surface area contributed by atoms with Crippen LogP contribution in [0.4, 0.5) is 5.69 Å². The number of rotatable bonds is 2. The average Bonchev–Trinajstić information content (AvgIpc) is 2.70. The van der Waals surface area contributed by atoms with Crippen molar-refractivity contribution < 1.29 is 9.21 Å². The van der Waals surface area contributed by atoms with E-state index in [4.69, 9.17) is 4.42 Å². The molecule has 5 heteroatoms. The Hall–Kier alpha value is -1.62. The lowest BCUT2D eigenvalue weighted by Crippen LogP contribution is -2.12. The summed E-state index contributed by atoms with van der Waals surface area (Å²) in [5.41, 5.74) is 2.36. The summed E-state index contributed by atoms with van der Waals surface area (Å²) in [4.78, 5) is 15.7. The van der Waals surface area contributed by atoms with Crippen LogP contribution in [0.15, 0.2) is 33.5 Å². The van der Waals surface area contributed by atoms with Gasteiger partial charge in [-0.25, -0.2) is 4.98 Å². The zero-order valence-corrected chi connectivity index (χ0v) is 11.0. The predicted octanol–water partition coefficient (Wildman–Crippen LogP) is 3.31. The molecule has 1 aromatic heterocycles. The average molecular weight is 295 g/mol. The van der Waals surface area contributed by atoms with Crippen LogP contribution in [-0.4, -0.2) is 10.9 Å². The fourth-order valence-corrected chi connectivity index (χ4v) is 1.68. The van der Waals surface area contributed by atoms with Gasteiger partial charge in [-0.1, -0.05) is 15.9 Å². The maximum absolute atomic E-state index is 11.8. The molecule has 1 aromatic carbocycles. The van der Waals surface area contributed by atoms with Crippen molar-refractivity contribution >= 4 is 27.5 Å². The molecule has 1 amide bonds. The van der Waals surface area contributed by atoms with Gasteiger partial charge in [0, 0.05) is 10.2 Å². The zero-order valence-electron chi connectivity index (χ0n) is 9.45. The van der Waals surface area contributed by atoms with Gasteiger partial charge < -0.3 is 9.73 Å². The standard InChI is InChI=1S/C12H11BrN2O2/c1-7-5-9(3-4-10(7)13)15-12(16)11-8(2)14-6-17-11/h3-6H,1-2H3,(H,15,16). The van der Waals surface area contributed by atoms with Crippen molar-refractivity contribution in [3.63, 3.8) is 0 Å². The van der Waals surface area contributed by atoms with Gasteiger partial charge in [-0.2, -0.15) is 0 Å². The molecule has 0 spiro atoms. The van der Waals surface area contributed by atoms with Crippen molar-refractivity contribution in [1.29, 1.82) is 0 Å². The molecule has 0 unspecified atom stereocenters. The Morgan fingerprint density at radius 3 is 2.76 bits per heavy atom. The molecule has 0 fully saturated rings. The summed E-state index contributed by atoms with van der Waals surface area (Å²) >= 11 is 3.40. The van der Waals surface area contributed by atoms with Gasteiger partial charge in [0.2, 0.25) is 5.76 Å². The van der Waals surface area contributed by atoms with Gasteiger partial charge in [0.15, 0.2) is 6.39 Å². The number of benzene rings is 1. The van der Waals surface area contributed by atoms with E-state index in [1.165, 1.54) is 6.39 Å². The first-order chi connectivity index (χ1) is 8.08. The minimum atomic E-state index is -0.290. The number of amides is 1. The summed E-state index contributed by atoms with van der Waals surface area (Å²) in [6.07, 6.45) is 1.26. The minimum absolute atomic E-state index is 0.241. The molecular formula is C12H11BrN2O2. The fourth-order valence-electron chi connectivity index (χ4n) is 1.43. The molecule has 88 valence electrons. The molecule has 0 saturated carbocycles. The number of carbonyl (C=O) groups excluding carboxylic acids is 1. The largest absolute Gasteiger partial charge is 0.438 e. The summed E-state index contributed by atoms with van der Waals surface area (Å²) in [6, 6.07) is 5.59. The van der Waals surface area contributed by atoms with Gasteiger partial charge in [0.1, 0.15) is 0 Å². The first-order valence-corrected chi connectivity index (χ1v) is 5.85. The van der Waals surface area contributed by atoms with Gasteiger partial charge in [0.05, 0.1) is 5.69 Å². The second-order valence-corrected chi connectivity index (χ2v) is 4.54. The lowest BCUT2D eigenvalue weighted by molar-refractivity contribution is 0.0996. The molecule has 0 aliphatic rings. The van der Waals surface area contributed by atoms with E-state index in [0.717, 1.165) is 15.7 Å². The predicted molar refractivity (Wildman–Crippen MR) is 68.1 cm³/mol. The van der Waals surface area contributed by atoms with E-state index in [1.807, 2.05) is 25.1 Å². The number of nitrogens with zero attached hydrogens (tertiary/aromatic N) is 1. The number of oxazole rings is 1. The number of aryl methyl sites for hydroxylation is 2. The molecule has 0 atom stereocenters. The van der Waals surface area contributed by atoms with E-state index in [-0.39, 0.29) is 11.7 Å². The first-order valence-electron chi connectivity index (χ1n) is 5.05. The number of nitrogens with one attached hydrogen (secondary N) is 1. The molecule has 0 aliphatic heterocycles. The number of hydrogen-bond donors (Lipinski definition) is 1. The molecular weight excluding hydrogens is 284 g/mol. The molecule has 0 saturated heterocycles. The summed E-state index contributed by atoms with van der Waals surface area (Å²) in [5.74, 6) is -0.0488. The van der Waals surface area contributed by atoms with Crippen LogP contribution in [0.1, 0.15) is 21.8 Å². The Bertz CT molecular complexity index is 563. The summed E-state index contributed by atoms with van der Waals surface area (Å²) < 4.78 is 6.03. The molecule has 1 heterocycles. The van der Waals surface area contributed by atoms with Crippen LogP contribution >= 0.6 is 15.9 Å². The van der Waals surface area contributed by atoms with Crippen molar-refractivity contribution in [1.82, 2.24) is 4.98 Å². The summed E-state index contributed by atoms with van der Waals surface area (Å²) in [7, 11) is 0. The van der Waals surface area contributed by atoms with Crippen molar-refractivity contribution in [3.8, 4) is 0 Å². The van der Waals surface area contributed by atoms with E-state index < -0.39 is 0 Å². The number of aromatic nitrogens is 1. The van der Waals surface area contributed by atoms with E-state index >= 15 is 0 Å². The SMILES string of the molecule is Cc1cc(NC(=O)c2ocnc2C)ccc1Br. The Balaban J connectivity index is 2.19. The Morgan fingerprint density at radius 1 is 1.41 bits per heavy atom. The molecule has 0 radical (unpaired) electrons. The zero-order chi connectivity index (χ0) is 12.4. The van der Waals surface area contributed by atoms with Crippen molar-refractivity contribution in [2.24, 2.45) is 0 Å². The Morgan fingerprint density at radius 2 is 2.18 bits per heavy atom. The van der Waals surface area contributed by atoms with Gasteiger partial charge >= 0.3 is 0 Å². The summed E-state index contributed by atoms with van der Waals surface area (Å²) in [5, 5.41) is 2.76. The van der Waals surface area contributed by atoms with Crippen molar-refractivity contribution in [3.05, 3.63) is 46.1 Å². The van der Waals surface area contributed by atoms with Gasteiger partial charge in [-0.05, 0) is 37.6 Å². The van der Waals surface area contributed by atoms with Crippen LogP contribution in [0.25, 0.3) is 0 Å². The maximum atomic E-state index is 11.8. The normalized spacial score (nSPS) is 10.3. The second-order valence-electron chi connectivity index (χ2n) is 3.68. The molecule has 4 nitrogen and oxygen atoms in total. The molecule has 0 aliphatic carbocycles. The number of hydrogen-bond acceptors (Lipinski definition) is 3. The second kappa shape index (κ2) is 4.71. The van der Waals surface area contributed by atoms with Crippen LogP contribution in [0.2, 0.25) is 0 Å². The van der Waals surface area contributed by atoms with Crippen LogP contribution in [0, 0.1) is 13.8 Å². The summed E-state index contributed by atoms with van der Waals surface area (Å²) in [6.45, 7) is 3.69. The number of carbonyl (C=O) groups is 1. The van der Waals surface area contributed by atoms with Crippen LogP contribution in [0.5, 0.6) is 0 Å². The van der Waals surface area contributed by atoms with Crippen LogP contribution in [0.3, 0.4) is 0 Å². The lowest BCUT2D eigenvalue weighted by Gasteiger charge is -2.05. The first kappa shape index (κ1) is 11.9. The van der Waals surface area contributed by atoms with Crippen LogP contribution < -0.4 is 5.32 Å². The Labute approximate surface area is 107 Å². The molecule has 1 N–H and O–H groups in total. The van der Waals surface area contributed by atoms with Gasteiger partial charge in [0.25, 0.3) is 5.91 Å². The highest BCUT2D eigenvalue weighted by Gasteiger charge is 2.13. The number of anilines is 1. The topological polar surface area (TPSA) is 55.1 Å². The van der Waals surface area contributed by atoms with Crippen LogP contribution in [-0.2, 0) is 0 Å². The molecule has 17 heavy (non-hydrogen) atoms. The van der Waals surface area contributed by atoms with Gasteiger partial charge in [-0.3, -0.25) is 4.79 Å². The maximum Gasteiger partial charge on any atom is 0.293 e. The van der Waals surface area contributed by atoms with E-state index in [2.05, 4.69) is 26.2 Å². The molecule has 2 rings (SSSR count). The van der Waals surface area contributed by atoms with Gasteiger partial charge in [-0.15, -0.1) is 0 Å². The van der Waals surface area contributed by atoms with Crippen molar-refractivity contribution in [2.45, 2.75) is 13.8 Å². The third-order valence-electron chi connectivity index (χ3n) is 2.37. The molecule has 2 aromatic rings. The fraction of sp³-hybridized carbons (Fsp3) is 0.167. The monoisotopic (exact) mass is 294 g/mol. The highest BCUT2D eigenvalue weighted by atomic mass is 79.9. The minimum Gasteiger partial charge on any atom is -0.438 e. The third kappa shape index (κ3) is 2.55. The Kier molecular flexibility index (Phi) is 3.28.